The maximum Gasteiger partial charge on any atom is 0.261 e. The molecule has 0 bridgehead atoms. The van der Waals surface area contributed by atoms with Crippen LogP contribution in [0, 0.1) is 17.1 Å². The van der Waals surface area contributed by atoms with Gasteiger partial charge in [-0.1, -0.05) is 30.3 Å². The van der Waals surface area contributed by atoms with Crippen molar-refractivity contribution in [3.05, 3.63) is 71.7 Å². The summed E-state index contributed by atoms with van der Waals surface area (Å²) in [5, 5.41) is 12.6. The molecule has 1 N–H and O–H groups in total. The molecule has 0 saturated carbocycles. The predicted octanol–water partition coefficient (Wildman–Crippen LogP) is 3.51. The zero-order valence-corrected chi connectivity index (χ0v) is 14.8. The summed E-state index contributed by atoms with van der Waals surface area (Å²) in [6, 6.07) is 15.9. The third kappa shape index (κ3) is 3.98. The molecule has 3 rings (SSSR count). The van der Waals surface area contributed by atoms with E-state index in [1.807, 2.05) is 41.1 Å². The van der Waals surface area contributed by atoms with Gasteiger partial charge in [0.15, 0.2) is 11.6 Å². The molecule has 0 saturated heterocycles. The highest BCUT2D eigenvalue weighted by Crippen LogP contribution is 2.24. The van der Waals surface area contributed by atoms with Gasteiger partial charge < -0.3 is 14.6 Å². The Labute approximate surface area is 156 Å². The van der Waals surface area contributed by atoms with Gasteiger partial charge in [-0.2, -0.15) is 5.26 Å². The molecule has 1 aromatic heterocycles. The highest BCUT2D eigenvalue weighted by atomic mass is 19.1. The Hall–Kier alpha value is -3.59. The van der Waals surface area contributed by atoms with Crippen molar-refractivity contribution < 1.29 is 13.9 Å². The van der Waals surface area contributed by atoms with E-state index in [-0.39, 0.29) is 17.9 Å². The van der Waals surface area contributed by atoms with Crippen molar-refractivity contribution in [2.75, 3.05) is 13.7 Å². The molecule has 1 amide bonds. The molecule has 0 aliphatic rings. The first-order valence-electron chi connectivity index (χ1n) is 8.43. The van der Waals surface area contributed by atoms with Gasteiger partial charge in [0.2, 0.25) is 0 Å². The normalized spacial score (nSPS) is 11.2. The fourth-order valence-corrected chi connectivity index (χ4v) is 2.83. The molecule has 136 valence electrons. The van der Waals surface area contributed by atoms with Crippen LogP contribution >= 0.6 is 0 Å². The maximum absolute atomic E-state index is 13.7. The molecule has 6 heteroatoms. The molecule has 0 atom stereocenters. The molecule has 5 nitrogen and oxygen atoms in total. The Balaban J connectivity index is 1.87. The van der Waals surface area contributed by atoms with E-state index in [0.717, 1.165) is 16.5 Å². The zero-order valence-electron chi connectivity index (χ0n) is 14.8. The molecule has 27 heavy (non-hydrogen) atoms. The average Bonchev–Trinajstić information content (AvgIpc) is 3.04. The van der Waals surface area contributed by atoms with Gasteiger partial charge in [0.05, 0.1) is 6.54 Å². The smallest absolute Gasteiger partial charge is 0.261 e. The van der Waals surface area contributed by atoms with Crippen LogP contribution in [0.25, 0.3) is 17.0 Å². The Morgan fingerprint density at radius 2 is 2.00 bits per heavy atom. The van der Waals surface area contributed by atoms with Gasteiger partial charge in [-0.25, -0.2) is 4.39 Å². The van der Waals surface area contributed by atoms with Crippen molar-refractivity contribution in [1.82, 2.24) is 9.88 Å². The number of nitrogens with one attached hydrogen (secondary N) is 1. The lowest BCUT2D eigenvalue weighted by Crippen LogP contribution is -2.19. The van der Waals surface area contributed by atoms with Crippen LogP contribution in [0.4, 0.5) is 4.39 Å². The van der Waals surface area contributed by atoms with E-state index in [2.05, 4.69) is 5.32 Å². The summed E-state index contributed by atoms with van der Waals surface area (Å²) in [6.07, 6.45) is 3.42. The monoisotopic (exact) mass is 363 g/mol. The van der Waals surface area contributed by atoms with Gasteiger partial charge in [0.1, 0.15) is 18.2 Å². The number of nitrogens with zero attached hydrogens (tertiary/aromatic N) is 2. The number of benzene rings is 2. The van der Waals surface area contributed by atoms with Gasteiger partial charge in [-0.3, -0.25) is 4.79 Å². The molecule has 0 fully saturated rings. The summed E-state index contributed by atoms with van der Waals surface area (Å²) >= 11 is 0. The molecule has 0 unspecified atom stereocenters. The second-order valence-electron chi connectivity index (χ2n) is 5.82. The SMILES string of the molecule is CNC(=O)C(C#N)=Cc1cn(CCOc2ccccc2F)c2ccccc12. The van der Waals surface area contributed by atoms with Crippen molar-refractivity contribution in [1.29, 1.82) is 5.26 Å². The summed E-state index contributed by atoms with van der Waals surface area (Å²) in [4.78, 5) is 11.8. The first-order chi connectivity index (χ1) is 13.1. The number of likely N-dealkylation sites (N-methyl/N-ethyl adjacent to an activating group) is 1. The Morgan fingerprint density at radius 3 is 2.74 bits per heavy atom. The minimum atomic E-state index is -0.433. The quantitative estimate of drug-likeness (QED) is 0.538. The van der Waals surface area contributed by atoms with Crippen LogP contribution in [0.1, 0.15) is 5.56 Å². The highest BCUT2D eigenvalue weighted by molar-refractivity contribution is 6.03. The number of fused-ring (bicyclic) bond motifs is 1. The second-order valence-corrected chi connectivity index (χ2v) is 5.82. The van der Waals surface area contributed by atoms with E-state index in [1.54, 1.807) is 24.3 Å². The van der Waals surface area contributed by atoms with E-state index in [1.165, 1.54) is 13.1 Å². The number of halogens is 1. The van der Waals surface area contributed by atoms with E-state index in [0.29, 0.717) is 6.54 Å². The molecular formula is C21H18FN3O2. The lowest BCUT2D eigenvalue weighted by atomic mass is 10.1. The Morgan fingerprint density at radius 1 is 1.26 bits per heavy atom. The fraction of sp³-hybridized carbons (Fsp3) is 0.143. The summed E-state index contributed by atoms with van der Waals surface area (Å²) in [5.41, 5.74) is 1.73. The van der Waals surface area contributed by atoms with Crippen molar-refractivity contribution in [2.24, 2.45) is 0 Å². The summed E-state index contributed by atoms with van der Waals surface area (Å²) in [7, 11) is 1.48. The van der Waals surface area contributed by atoms with Crippen LogP contribution in [0.2, 0.25) is 0 Å². The van der Waals surface area contributed by atoms with Crippen molar-refractivity contribution >= 4 is 22.9 Å². The average molecular weight is 363 g/mol. The summed E-state index contributed by atoms with van der Waals surface area (Å²) in [5.74, 6) is -0.625. The Kier molecular flexibility index (Phi) is 5.53. The van der Waals surface area contributed by atoms with Crippen molar-refractivity contribution in [3.8, 4) is 11.8 Å². The number of carbonyl (C=O) groups excluding carboxylic acids is 1. The van der Waals surface area contributed by atoms with Gasteiger partial charge in [0, 0.05) is 29.7 Å². The molecule has 0 radical (unpaired) electrons. The number of nitriles is 1. The van der Waals surface area contributed by atoms with Gasteiger partial charge in [0.25, 0.3) is 5.91 Å². The van der Waals surface area contributed by atoms with Crippen LogP contribution in [0.5, 0.6) is 5.75 Å². The van der Waals surface area contributed by atoms with Crippen LogP contribution in [-0.2, 0) is 11.3 Å². The molecule has 0 spiro atoms. The number of rotatable bonds is 6. The molecular weight excluding hydrogens is 345 g/mol. The molecule has 2 aromatic carbocycles. The van der Waals surface area contributed by atoms with Gasteiger partial charge >= 0.3 is 0 Å². The minimum absolute atomic E-state index is 0.0306. The van der Waals surface area contributed by atoms with Crippen LogP contribution in [-0.4, -0.2) is 24.1 Å². The number of amides is 1. The molecule has 0 aliphatic carbocycles. The van der Waals surface area contributed by atoms with Crippen LogP contribution < -0.4 is 10.1 Å². The van der Waals surface area contributed by atoms with Gasteiger partial charge in [-0.15, -0.1) is 0 Å². The number of aromatic nitrogens is 1. The number of para-hydroxylation sites is 2. The lowest BCUT2D eigenvalue weighted by Gasteiger charge is -2.08. The largest absolute Gasteiger partial charge is 0.489 e. The first kappa shape index (κ1) is 18.2. The maximum atomic E-state index is 13.7. The molecule has 0 aliphatic heterocycles. The van der Waals surface area contributed by atoms with Crippen molar-refractivity contribution in [3.63, 3.8) is 0 Å². The van der Waals surface area contributed by atoms with E-state index < -0.39 is 11.7 Å². The fourth-order valence-electron chi connectivity index (χ4n) is 2.83. The highest BCUT2D eigenvalue weighted by Gasteiger charge is 2.11. The number of ether oxygens (including phenoxy) is 1. The predicted molar refractivity (Wildman–Crippen MR) is 101 cm³/mol. The zero-order chi connectivity index (χ0) is 19.2. The third-order valence-electron chi connectivity index (χ3n) is 4.14. The Bertz CT molecular complexity index is 1050. The van der Waals surface area contributed by atoms with Gasteiger partial charge in [-0.05, 0) is 24.3 Å². The molecule has 3 aromatic rings. The summed E-state index contributed by atoms with van der Waals surface area (Å²) in [6.45, 7) is 0.772. The first-order valence-corrected chi connectivity index (χ1v) is 8.43. The van der Waals surface area contributed by atoms with E-state index >= 15 is 0 Å². The number of hydrogen-bond donors (Lipinski definition) is 1. The van der Waals surface area contributed by atoms with E-state index in [4.69, 9.17) is 4.74 Å². The third-order valence-corrected chi connectivity index (χ3v) is 4.14. The second kappa shape index (κ2) is 8.19. The van der Waals surface area contributed by atoms with E-state index in [9.17, 15) is 14.4 Å². The summed E-state index contributed by atoms with van der Waals surface area (Å²) < 4.78 is 21.1. The number of hydrogen-bond acceptors (Lipinski definition) is 3. The van der Waals surface area contributed by atoms with Crippen LogP contribution in [0.3, 0.4) is 0 Å². The number of carbonyl (C=O) groups is 1. The lowest BCUT2D eigenvalue weighted by molar-refractivity contribution is -0.116. The molecule has 1 heterocycles. The minimum Gasteiger partial charge on any atom is -0.489 e. The standard InChI is InChI=1S/C21H18FN3O2/c1-24-21(26)15(13-23)12-16-14-25(19-8-4-2-6-17(16)19)10-11-27-20-9-5-3-7-18(20)22/h2-9,12,14H,10-11H2,1H3,(H,24,26). The van der Waals surface area contributed by atoms with Crippen LogP contribution in [0.15, 0.2) is 60.3 Å². The topological polar surface area (TPSA) is 67.0 Å². The van der Waals surface area contributed by atoms with Crippen molar-refractivity contribution in [2.45, 2.75) is 6.54 Å².